The molecule has 3 aromatic rings. The van der Waals surface area contributed by atoms with Gasteiger partial charge in [0.05, 0.1) is 17.1 Å². The maximum Gasteiger partial charge on any atom is 0.235 e. The number of benzene rings is 2. The molecule has 0 saturated heterocycles. The third-order valence-electron chi connectivity index (χ3n) is 5.05. The van der Waals surface area contributed by atoms with Crippen LogP contribution in [0.3, 0.4) is 0 Å². The summed E-state index contributed by atoms with van der Waals surface area (Å²) in [6, 6.07) is 9.89. The van der Waals surface area contributed by atoms with Gasteiger partial charge in [-0.3, -0.25) is 0 Å². The van der Waals surface area contributed by atoms with Crippen LogP contribution in [0.5, 0.6) is 5.75 Å². The van der Waals surface area contributed by atoms with E-state index in [4.69, 9.17) is 12.8 Å². The van der Waals surface area contributed by atoms with Crippen LogP contribution in [0.4, 0.5) is 4.39 Å². The first kappa shape index (κ1) is 19.1. The largest absolute Gasteiger partial charge is 0.460 e. The third kappa shape index (κ3) is 3.27. The van der Waals surface area contributed by atoms with Gasteiger partial charge < -0.3 is 12.4 Å². The maximum absolute atomic E-state index is 13.6. The van der Waals surface area contributed by atoms with E-state index in [1.54, 1.807) is 0 Å². The molecular formula is C20H19BrFIN2O2. The Morgan fingerprint density at radius 3 is 2.78 bits per heavy atom. The zero-order valence-electron chi connectivity index (χ0n) is 15.2. The van der Waals surface area contributed by atoms with Gasteiger partial charge in [-0.15, -0.1) is 0 Å². The van der Waals surface area contributed by atoms with E-state index in [1.165, 1.54) is 6.92 Å². The Bertz CT molecular complexity index is 1020. The minimum Gasteiger partial charge on any atom is -0.460 e. The summed E-state index contributed by atoms with van der Waals surface area (Å²) in [6.45, 7) is 5.48. The smallest absolute Gasteiger partial charge is 0.235 e. The lowest BCUT2D eigenvalue weighted by Crippen LogP contribution is -2.12. The number of aromatic nitrogens is 2. The number of aryl methyl sites for hydroxylation is 2. The van der Waals surface area contributed by atoms with Crippen LogP contribution in [0.25, 0.3) is 11.0 Å². The average Bonchev–Trinajstić information content (AvgIpc) is 3.12. The predicted octanol–water partition coefficient (Wildman–Crippen LogP) is 6.51. The van der Waals surface area contributed by atoms with E-state index in [-0.39, 0.29) is 12.1 Å². The molecule has 2 aromatic carbocycles. The fourth-order valence-electron chi connectivity index (χ4n) is 3.89. The minimum atomic E-state index is -1.38. The Labute approximate surface area is 179 Å². The van der Waals surface area contributed by atoms with Crippen molar-refractivity contribution in [2.45, 2.75) is 45.7 Å². The molecular weight excluding hydrogens is 526 g/mol. The molecule has 1 aliphatic heterocycles. The molecule has 0 saturated carbocycles. The summed E-state index contributed by atoms with van der Waals surface area (Å²) in [4.78, 5) is 4.84. The molecule has 142 valence electrons. The fourth-order valence-corrected chi connectivity index (χ4v) is 4.66. The van der Waals surface area contributed by atoms with Crippen LogP contribution in [0.1, 0.15) is 48.0 Å². The molecule has 1 unspecified atom stereocenters. The molecule has 0 N–H and O–H groups in total. The average molecular weight is 545 g/mol. The summed E-state index contributed by atoms with van der Waals surface area (Å²) in [6.07, 6.45) is -0.772. The van der Waals surface area contributed by atoms with E-state index in [1.807, 2.05) is 55.1 Å². The number of hydrogen-bond acceptors (Lipinski definition) is 3. The lowest BCUT2D eigenvalue weighted by molar-refractivity contribution is 0.0842. The standard InChI is InChI=1S/C20H19BrFIN2O2/c1-10-5-4-6-17(26-12(3)22)19(10)16-9-18(27-23)20-24-14-7-11(2)13(21)8-15(14)25(16)20/h4-8,12,16,18H,9H2,1-3H3/t12?,16-,18-/m1/s1. The number of hydrogen-bond donors (Lipinski definition) is 0. The zero-order chi connectivity index (χ0) is 19.3. The first-order valence-electron chi connectivity index (χ1n) is 8.76. The third-order valence-corrected chi connectivity index (χ3v) is 6.52. The first-order valence-corrected chi connectivity index (χ1v) is 10.4. The van der Waals surface area contributed by atoms with E-state index < -0.39 is 6.36 Å². The summed E-state index contributed by atoms with van der Waals surface area (Å²) >= 11 is 5.57. The molecule has 3 atom stereocenters. The molecule has 2 heterocycles. The van der Waals surface area contributed by atoms with Crippen molar-refractivity contribution >= 4 is 50.0 Å². The van der Waals surface area contributed by atoms with Crippen molar-refractivity contribution in [3.63, 3.8) is 0 Å². The van der Waals surface area contributed by atoms with Crippen LogP contribution >= 0.6 is 38.9 Å². The highest BCUT2D eigenvalue weighted by atomic mass is 127. The number of nitrogens with zero attached hydrogens (tertiary/aromatic N) is 2. The quantitative estimate of drug-likeness (QED) is 0.351. The number of alkyl halides is 1. The predicted molar refractivity (Wildman–Crippen MR) is 115 cm³/mol. The van der Waals surface area contributed by atoms with Gasteiger partial charge >= 0.3 is 0 Å². The Kier molecular flexibility index (Phi) is 5.20. The molecule has 7 heteroatoms. The lowest BCUT2D eigenvalue weighted by atomic mass is 9.97. The molecule has 4 nitrogen and oxygen atoms in total. The number of halogens is 3. The Hall–Kier alpha value is -1.19. The number of fused-ring (bicyclic) bond motifs is 3. The summed E-state index contributed by atoms with van der Waals surface area (Å²) in [5.41, 5.74) is 5.14. The van der Waals surface area contributed by atoms with Gasteiger partial charge in [0, 0.05) is 23.4 Å². The molecule has 27 heavy (non-hydrogen) atoms. The van der Waals surface area contributed by atoms with Gasteiger partial charge in [-0.05, 0) is 43.2 Å². The van der Waals surface area contributed by atoms with E-state index in [9.17, 15) is 4.39 Å². The Morgan fingerprint density at radius 1 is 1.30 bits per heavy atom. The van der Waals surface area contributed by atoms with Crippen LogP contribution in [-0.4, -0.2) is 15.9 Å². The highest BCUT2D eigenvalue weighted by molar-refractivity contribution is 14.1. The normalized spacial score (nSPS) is 20.1. The SMILES string of the molecule is Cc1cc2nc3n(c2cc1Br)[C@@H](c1c(C)cccc1OC(C)F)C[C@H]3OI. The van der Waals surface area contributed by atoms with Gasteiger partial charge in [0.25, 0.3) is 0 Å². The van der Waals surface area contributed by atoms with Crippen molar-refractivity contribution in [3.05, 3.63) is 57.3 Å². The molecule has 1 aliphatic rings. The van der Waals surface area contributed by atoms with Gasteiger partial charge in [0.2, 0.25) is 6.36 Å². The van der Waals surface area contributed by atoms with E-state index in [0.29, 0.717) is 5.75 Å². The molecule has 1 aromatic heterocycles. The molecule has 4 rings (SSSR count). The molecule has 0 fully saturated rings. The number of ether oxygens (including phenoxy) is 1. The van der Waals surface area contributed by atoms with Gasteiger partial charge in [0.1, 0.15) is 40.7 Å². The lowest BCUT2D eigenvalue weighted by Gasteiger charge is -2.22. The molecule has 0 radical (unpaired) electrons. The second-order valence-electron chi connectivity index (χ2n) is 6.91. The maximum atomic E-state index is 13.6. The highest BCUT2D eigenvalue weighted by Crippen LogP contribution is 2.47. The van der Waals surface area contributed by atoms with Crippen LogP contribution in [-0.2, 0) is 3.07 Å². The van der Waals surface area contributed by atoms with Gasteiger partial charge in [-0.25, -0.2) is 9.37 Å². The topological polar surface area (TPSA) is 36.3 Å². The monoisotopic (exact) mass is 544 g/mol. The van der Waals surface area contributed by atoms with E-state index in [0.717, 1.165) is 44.4 Å². The second kappa shape index (κ2) is 7.33. The zero-order valence-corrected chi connectivity index (χ0v) is 18.9. The number of rotatable bonds is 4. The van der Waals surface area contributed by atoms with Gasteiger partial charge in [-0.2, -0.15) is 0 Å². The number of imidazole rings is 1. The molecule has 0 spiro atoms. The van der Waals surface area contributed by atoms with Crippen molar-refractivity contribution in [2.75, 3.05) is 0 Å². The molecule has 0 bridgehead atoms. The van der Waals surface area contributed by atoms with Crippen molar-refractivity contribution in [3.8, 4) is 5.75 Å². The van der Waals surface area contributed by atoms with Crippen molar-refractivity contribution < 1.29 is 12.2 Å². The van der Waals surface area contributed by atoms with Crippen molar-refractivity contribution in [1.29, 1.82) is 0 Å². The van der Waals surface area contributed by atoms with E-state index >= 15 is 0 Å². The van der Waals surface area contributed by atoms with E-state index in [2.05, 4.69) is 32.6 Å². The van der Waals surface area contributed by atoms with Gasteiger partial charge in [-0.1, -0.05) is 28.1 Å². The highest BCUT2D eigenvalue weighted by Gasteiger charge is 2.38. The van der Waals surface area contributed by atoms with Gasteiger partial charge in [0.15, 0.2) is 0 Å². The minimum absolute atomic E-state index is 0.0330. The Balaban J connectivity index is 1.95. The summed E-state index contributed by atoms with van der Waals surface area (Å²) in [5, 5.41) is 0. The van der Waals surface area contributed by atoms with Crippen molar-refractivity contribution in [1.82, 2.24) is 9.55 Å². The van der Waals surface area contributed by atoms with Crippen LogP contribution < -0.4 is 4.74 Å². The first-order chi connectivity index (χ1) is 12.9. The summed E-state index contributed by atoms with van der Waals surface area (Å²) in [5.74, 6) is 1.47. The summed E-state index contributed by atoms with van der Waals surface area (Å²) < 4.78 is 28.1. The van der Waals surface area contributed by atoms with Crippen LogP contribution in [0.15, 0.2) is 34.8 Å². The van der Waals surface area contributed by atoms with Crippen LogP contribution in [0.2, 0.25) is 0 Å². The van der Waals surface area contributed by atoms with Crippen molar-refractivity contribution in [2.24, 2.45) is 0 Å². The van der Waals surface area contributed by atoms with Crippen LogP contribution in [0, 0.1) is 13.8 Å². The molecule has 0 amide bonds. The summed E-state index contributed by atoms with van der Waals surface area (Å²) in [7, 11) is 0. The second-order valence-corrected chi connectivity index (χ2v) is 8.27. The molecule has 0 aliphatic carbocycles. The Morgan fingerprint density at radius 2 is 2.07 bits per heavy atom. The fraction of sp³-hybridized carbons (Fsp3) is 0.350.